The number of hydrogen-bond acceptors (Lipinski definition) is 3. The fraction of sp³-hybridized carbons (Fsp3) is 0.588. The van der Waals surface area contributed by atoms with Crippen molar-refractivity contribution in [3.05, 3.63) is 29.8 Å². The maximum Gasteiger partial charge on any atom is 0.243 e. The van der Waals surface area contributed by atoms with Crippen molar-refractivity contribution in [2.45, 2.75) is 33.2 Å². The predicted molar refractivity (Wildman–Crippen MR) is 87.8 cm³/mol. The highest BCUT2D eigenvalue weighted by Gasteiger charge is 2.27. The number of amides is 1. The molecular formula is C17H27N3O. The SMILES string of the molecule is CCN(CC)CCN[C@@H](C)C(=O)N1CCc2ccccc21. The van der Waals surface area contributed by atoms with E-state index in [4.69, 9.17) is 0 Å². The Morgan fingerprint density at radius 1 is 1.33 bits per heavy atom. The van der Waals surface area contributed by atoms with Crippen LogP contribution in [0.1, 0.15) is 26.3 Å². The Hall–Kier alpha value is -1.39. The highest BCUT2D eigenvalue weighted by Crippen LogP contribution is 2.27. The van der Waals surface area contributed by atoms with Gasteiger partial charge in [0.2, 0.25) is 5.91 Å². The molecule has 1 heterocycles. The number of benzene rings is 1. The van der Waals surface area contributed by atoms with Crippen molar-refractivity contribution in [3.8, 4) is 0 Å². The lowest BCUT2D eigenvalue weighted by atomic mass is 10.2. The molecule has 0 spiro atoms. The van der Waals surface area contributed by atoms with Crippen molar-refractivity contribution in [1.82, 2.24) is 10.2 Å². The van der Waals surface area contributed by atoms with E-state index >= 15 is 0 Å². The summed E-state index contributed by atoms with van der Waals surface area (Å²) in [5, 5.41) is 3.36. The van der Waals surface area contributed by atoms with Crippen LogP contribution in [0, 0.1) is 0 Å². The van der Waals surface area contributed by atoms with E-state index in [9.17, 15) is 4.79 Å². The van der Waals surface area contributed by atoms with E-state index in [0.29, 0.717) is 0 Å². The van der Waals surface area contributed by atoms with Crippen LogP contribution in [0.5, 0.6) is 0 Å². The molecular weight excluding hydrogens is 262 g/mol. The molecule has 1 aliphatic heterocycles. The highest BCUT2D eigenvalue weighted by atomic mass is 16.2. The first-order valence-corrected chi connectivity index (χ1v) is 8.02. The molecule has 4 nitrogen and oxygen atoms in total. The van der Waals surface area contributed by atoms with Crippen molar-refractivity contribution in [2.24, 2.45) is 0 Å². The van der Waals surface area contributed by atoms with Crippen LogP contribution in [0.15, 0.2) is 24.3 Å². The maximum atomic E-state index is 12.6. The zero-order chi connectivity index (χ0) is 15.2. The molecule has 2 rings (SSSR count). The van der Waals surface area contributed by atoms with Gasteiger partial charge in [-0.3, -0.25) is 4.79 Å². The Morgan fingerprint density at radius 2 is 2.05 bits per heavy atom. The second kappa shape index (κ2) is 7.57. The van der Waals surface area contributed by atoms with Gasteiger partial charge < -0.3 is 15.1 Å². The highest BCUT2D eigenvalue weighted by molar-refractivity contribution is 5.98. The van der Waals surface area contributed by atoms with Crippen LogP contribution in [-0.2, 0) is 11.2 Å². The molecule has 0 bridgehead atoms. The van der Waals surface area contributed by atoms with Crippen molar-refractivity contribution < 1.29 is 4.79 Å². The first-order valence-electron chi connectivity index (χ1n) is 8.02. The molecule has 0 aromatic heterocycles. The second-order valence-electron chi connectivity index (χ2n) is 5.57. The van der Waals surface area contributed by atoms with E-state index in [1.807, 2.05) is 30.0 Å². The minimum absolute atomic E-state index is 0.133. The van der Waals surface area contributed by atoms with Gasteiger partial charge in [0.1, 0.15) is 0 Å². The molecule has 0 fully saturated rings. The second-order valence-corrected chi connectivity index (χ2v) is 5.57. The molecule has 1 amide bonds. The molecule has 4 heteroatoms. The lowest BCUT2D eigenvalue weighted by molar-refractivity contribution is -0.120. The molecule has 1 aromatic rings. The van der Waals surface area contributed by atoms with Crippen LogP contribution >= 0.6 is 0 Å². The number of likely N-dealkylation sites (N-methyl/N-ethyl adjacent to an activating group) is 1. The Morgan fingerprint density at radius 3 is 2.76 bits per heavy atom. The molecule has 1 aliphatic rings. The number of carbonyl (C=O) groups excluding carboxylic acids is 1. The van der Waals surface area contributed by atoms with Crippen molar-refractivity contribution in [1.29, 1.82) is 0 Å². The van der Waals surface area contributed by atoms with Gasteiger partial charge in [-0.25, -0.2) is 0 Å². The van der Waals surface area contributed by atoms with E-state index in [2.05, 4.69) is 30.1 Å². The molecule has 21 heavy (non-hydrogen) atoms. The van der Waals surface area contributed by atoms with Crippen LogP contribution in [0.2, 0.25) is 0 Å². The van der Waals surface area contributed by atoms with Gasteiger partial charge in [0.15, 0.2) is 0 Å². The minimum atomic E-state index is -0.133. The van der Waals surface area contributed by atoms with E-state index in [1.54, 1.807) is 0 Å². The van der Waals surface area contributed by atoms with Gasteiger partial charge in [0, 0.05) is 25.3 Å². The molecule has 1 N–H and O–H groups in total. The fourth-order valence-corrected chi connectivity index (χ4v) is 2.87. The quantitative estimate of drug-likeness (QED) is 0.833. The molecule has 0 saturated carbocycles. The van der Waals surface area contributed by atoms with Gasteiger partial charge in [-0.15, -0.1) is 0 Å². The van der Waals surface area contributed by atoms with E-state index in [-0.39, 0.29) is 11.9 Å². The molecule has 0 unspecified atom stereocenters. The monoisotopic (exact) mass is 289 g/mol. The first-order chi connectivity index (χ1) is 10.2. The van der Waals surface area contributed by atoms with Crippen LogP contribution in [0.25, 0.3) is 0 Å². The summed E-state index contributed by atoms with van der Waals surface area (Å²) in [6.07, 6.45) is 0.966. The summed E-state index contributed by atoms with van der Waals surface area (Å²) < 4.78 is 0. The van der Waals surface area contributed by atoms with Crippen LogP contribution in [0.4, 0.5) is 5.69 Å². The van der Waals surface area contributed by atoms with Gasteiger partial charge in [-0.05, 0) is 38.1 Å². The van der Waals surface area contributed by atoms with Gasteiger partial charge in [0.25, 0.3) is 0 Å². The van der Waals surface area contributed by atoms with Crippen molar-refractivity contribution >= 4 is 11.6 Å². The summed E-state index contributed by atoms with van der Waals surface area (Å²) in [5.41, 5.74) is 2.36. The third kappa shape index (κ3) is 3.83. The van der Waals surface area contributed by atoms with Gasteiger partial charge >= 0.3 is 0 Å². The molecule has 1 aromatic carbocycles. The number of rotatable bonds is 7. The zero-order valence-corrected chi connectivity index (χ0v) is 13.4. The Labute approximate surface area is 128 Å². The topological polar surface area (TPSA) is 35.6 Å². The van der Waals surface area contributed by atoms with Gasteiger partial charge in [-0.2, -0.15) is 0 Å². The summed E-state index contributed by atoms with van der Waals surface area (Å²) in [7, 11) is 0. The molecule has 0 saturated heterocycles. The maximum absolute atomic E-state index is 12.6. The van der Waals surface area contributed by atoms with Crippen LogP contribution in [-0.4, -0.2) is 49.6 Å². The normalized spacial score (nSPS) is 15.3. The summed E-state index contributed by atoms with van der Waals surface area (Å²) in [5.74, 6) is 0.180. The Kier molecular flexibility index (Phi) is 5.76. The Bertz CT molecular complexity index is 471. The lowest BCUT2D eigenvalue weighted by Crippen LogP contribution is -2.46. The molecule has 0 radical (unpaired) electrons. The van der Waals surface area contributed by atoms with Crippen molar-refractivity contribution in [2.75, 3.05) is 37.6 Å². The number of fused-ring (bicyclic) bond motifs is 1. The number of hydrogen-bond donors (Lipinski definition) is 1. The standard InChI is InChI=1S/C17H27N3O/c1-4-19(5-2)13-11-18-14(3)17(21)20-12-10-15-8-6-7-9-16(15)20/h6-9,14,18H,4-5,10-13H2,1-3H3/t14-/m0/s1. The zero-order valence-electron chi connectivity index (χ0n) is 13.4. The third-order valence-electron chi connectivity index (χ3n) is 4.30. The van der Waals surface area contributed by atoms with Crippen molar-refractivity contribution in [3.63, 3.8) is 0 Å². The van der Waals surface area contributed by atoms with Crippen LogP contribution in [0.3, 0.4) is 0 Å². The summed E-state index contributed by atoms with van der Waals surface area (Å²) >= 11 is 0. The fourth-order valence-electron chi connectivity index (χ4n) is 2.87. The van der Waals surface area contributed by atoms with Gasteiger partial charge in [-0.1, -0.05) is 32.0 Å². The molecule has 116 valence electrons. The van der Waals surface area contributed by atoms with E-state index in [1.165, 1.54) is 5.56 Å². The average molecular weight is 289 g/mol. The first kappa shape index (κ1) is 16.0. The summed E-state index contributed by atoms with van der Waals surface area (Å²) in [4.78, 5) is 16.9. The minimum Gasteiger partial charge on any atom is -0.310 e. The predicted octanol–water partition coefficient (Wildman–Crippen LogP) is 1.90. The summed E-state index contributed by atoms with van der Waals surface area (Å²) in [6.45, 7) is 11.1. The number of anilines is 1. The lowest BCUT2D eigenvalue weighted by Gasteiger charge is -2.24. The Balaban J connectivity index is 1.86. The summed E-state index contributed by atoms with van der Waals surface area (Å²) in [6, 6.07) is 8.07. The van der Waals surface area contributed by atoms with E-state index in [0.717, 1.165) is 44.8 Å². The largest absolute Gasteiger partial charge is 0.310 e. The number of nitrogens with zero attached hydrogens (tertiary/aromatic N) is 2. The smallest absolute Gasteiger partial charge is 0.243 e. The van der Waals surface area contributed by atoms with Crippen LogP contribution < -0.4 is 10.2 Å². The molecule has 1 atom stereocenters. The number of nitrogens with one attached hydrogen (secondary N) is 1. The number of para-hydroxylation sites is 1. The van der Waals surface area contributed by atoms with Gasteiger partial charge in [0.05, 0.1) is 6.04 Å². The number of carbonyl (C=O) groups is 1. The average Bonchev–Trinajstić information content (AvgIpc) is 2.94. The third-order valence-corrected chi connectivity index (χ3v) is 4.30. The van der Waals surface area contributed by atoms with E-state index < -0.39 is 0 Å². The molecule has 0 aliphatic carbocycles.